The first-order valence-corrected chi connectivity index (χ1v) is 37.0. The normalized spacial score (nSPS) is 10.4. The lowest BCUT2D eigenvalue weighted by atomic mass is 9.95. The molecule has 0 fully saturated rings. The van der Waals surface area contributed by atoms with Crippen LogP contribution in [0.5, 0.6) is 0 Å². The highest BCUT2D eigenvalue weighted by molar-refractivity contribution is 9.11. The monoisotopic (exact) mass is 1700 g/mol. The van der Waals surface area contributed by atoms with E-state index >= 15 is 0 Å². The molecule has 0 aliphatic carbocycles. The maximum Gasteiger partial charge on any atom is 0.0259 e. The van der Waals surface area contributed by atoms with Crippen molar-refractivity contribution in [1.82, 2.24) is 0 Å². The van der Waals surface area contributed by atoms with Crippen LogP contribution in [-0.2, 0) is 0 Å². The van der Waals surface area contributed by atoms with E-state index in [-0.39, 0.29) is 0 Å². The molecule has 17 aromatic carbocycles. The molecule has 17 rings (SSSR count). The minimum absolute atomic E-state index is 1.12. The topological polar surface area (TPSA) is 0 Å². The van der Waals surface area contributed by atoms with Crippen LogP contribution >= 0.6 is 112 Å². The van der Waals surface area contributed by atoms with Crippen LogP contribution in [0.4, 0.5) is 0 Å². The van der Waals surface area contributed by atoms with Crippen LogP contribution in [-0.4, -0.2) is 0 Å². The number of fused-ring (bicyclic) bond motifs is 8. The second-order valence-electron chi connectivity index (χ2n) is 22.4. The summed E-state index contributed by atoms with van der Waals surface area (Å²) in [5.74, 6) is 0. The molecule has 0 heterocycles. The van der Waals surface area contributed by atoms with E-state index < -0.39 is 0 Å². The first kappa shape index (κ1) is 70.0. The van der Waals surface area contributed by atoms with E-state index in [9.17, 15) is 0 Å². The average Bonchev–Trinajstić information content (AvgIpc) is 0.863. The van der Waals surface area contributed by atoms with Crippen LogP contribution < -0.4 is 0 Å². The van der Waals surface area contributed by atoms with Crippen LogP contribution in [0.25, 0.3) is 109 Å². The van der Waals surface area contributed by atoms with Crippen molar-refractivity contribution in [2.75, 3.05) is 0 Å². The molecule has 0 nitrogen and oxygen atoms in total. The maximum atomic E-state index is 3.67. The lowest BCUT2D eigenvalue weighted by molar-refractivity contribution is 1.59. The summed E-state index contributed by atoms with van der Waals surface area (Å²) in [6.45, 7) is 0. The van der Waals surface area contributed by atoms with Crippen molar-refractivity contribution in [2.24, 2.45) is 0 Å². The minimum atomic E-state index is 1.12. The predicted molar refractivity (Wildman–Crippen MR) is 446 cm³/mol. The van der Waals surface area contributed by atoms with Gasteiger partial charge in [-0.15, -0.1) is 0 Å². The molecule has 0 aliphatic heterocycles. The molecule has 0 amide bonds. The summed E-state index contributed by atoms with van der Waals surface area (Å²) in [6, 6.07) is 132. The molecule has 0 radical (unpaired) electrons. The Hall–Kier alpha value is -8.34. The van der Waals surface area contributed by atoms with Crippen molar-refractivity contribution < 1.29 is 0 Å². The summed E-state index contributed by atoms with van der Waals surface area (Å²) < 4.78 is 7.90. The summed E-state index contributed by atoms with van der Waals surface area (Å²) in [5.41, 5.74) is 10.0. The van der Waals surface area contributed by atoms with Gasteiger partial charge in [0.1, 0.15) is 0 Å². The van der Waals surface area contributed by atoms with E-state index in [0.717, 1.165) is 31.3 Å². The molecular weight excluding hydrogens is 1640 g/mol. The van der Waals surface area contributed by atoms with Crippen molar-refractivity contribution in [2.45, 2.75) is 0 Å². The molecule has 0 unspecified atom stereocenters. The van der Waals surface area contributed by atoms with E-state index in [2.05, 4.69) is 433 Å². The third-order valence-corrected chi connectivity index (χ3v) is 19.5. The molecule has 97 heavy (non-hydrogen) atoms. The highest BCUT2D eigenvalue weighted by Crippen LogP contribution is 2.37. The highest BCUT2D eigenvalue weighted by Gasteiger charge is 2.09. The fraction of sp³-hybridized carbons (Fsp3) is 0. The number of benzene rings is 17. The van der Waals surface area contributed by atoms with Crippen molar-refractivity contribution in [3.63, 3.8) is 0 Å². The second kappa shape index (κ2) is 35.8. The minimum Gasteiger partial charge on any atom is -0.0622 e. The Labute approximate surface area is 627 Å². The summed E-state index contributed by atoms with van der Waals surface area (Å²) in [4.78, 5) is 0. The number of rotatable bonds is 4. The molecule has 7 heteroatoms. The van der Waals surface area contributed by atoms with Gasteiger partial charge in [-0.25, -0.2) is 0 Å². The molecule has 0 aromatic heterocycles. The van der Waals surface area contributed by atoms with Gasteiger partial charge in [-0.1, -0.05) is 409 Å². The Morgan fingerprint density at radius 3 is 1.06 bits per heavy atom. The van der Waals surface area contributed by atoms with Gasteiger partial charge in [-0.3, -0.25) is 0 Å². The fourth-order valence-corrected chi connectivity index (χ4v) is 13.9. The van der Waals surface area contributed by atoms with Crippen LogP contribution in [0.2, 0.25) is 0 Å². The Morgan fingerprint density at radius 2 is 0.495 bits per heavy atom. The standard InChI is InChI=1S/C20H13Br.C16H11Br.C14H9Br.2C12H9Br.C10H7Br.C6H5Br/c21-16-12-19(14-6-2-1-3-7-14)18-11-10-15-8-4-5-9-17(15)20(18)13-16;17-16-11-14(12-6-2-1-3-7-12)10-13-8-4-5-9-15(13)16;15-12-8-7-11-6-5-10-3-1-2-4-13(10)14(11)9-12;13-12-8-4-7-11(9-12)10-5-2-1-3-6-10;13-12-8-6-11(7-9-12)10-4-2-1-3-5-10;11-10-6-5-8-3-1-2-4-9(8)7-10;7-6-4-2-1-3-5-6/h1-13H;1-11H;1-9H;2*1-9H;1-7H;1-5H. The third-order valence-electron chi connectivity index (χ3n) is 15.9. The lowest BCUT2D eigenvalue weighted by Gasteiger charge is -2.11. The molecule has 0 saturated carbocycles. The molecule has 0 saturated heterocycles. The number of hydrogen-bond acceptors (Lipinski definition) is 0. The van der Waals surface area contributed by atoms with Crippen LogP contribution in [0.3, 0.4) is 0 Å². The quantitative estimate of drug-likeness (QED) is 0.154. The van der Waals surface area contributed by atoms with E-state index in [1.165, 1.54) is 109 Å². The van der Waals surface area contributed by atoms with Gasteiger partial charge in [0.15, 0.2) is 0 Å². The van der Waals surface area contributed by atoms with E-state index in [1.807, 2.05) is 60.7 Å². The first-order chi connectivity index (χ1) is 47.5. The summed E-state index contributed by atoms with van der Waals surface area (Å²) in [7, 11) is 0. The number of hydrogen-bond donors (Lipinski definition) is 0. The smallest absolute Gasteiger partial charge is 0.0259 e. The maximum absolute atomic E-state index is 3.67. The Morgan fingerprint density at radius 1 is 0.134 bits per heavy atom. The largest absolute Gasteiger partial charge is 0.0622 e. The van der Waals surface area contributed by atoms with Gasteiger partial charge in [-0.2, -0.15) is 0 Å². The zero-order valence-corrected chi connectivity index (χ0v) is 63.6. The van der Waals surface area contributed by atoms with Gasteiger partial charge < -0.3 is 0 Å². The second-order valence-corrected chi connectivity index (χ2v) is 28.8. The van der Waals surface area contributed by atoms with Crippen LogP contribution in [0.1, 0.15) is 0 Å². The Bertz CT molecular complexity index is 5340. The van der Waals surface area contributed by atoms with E-state index in [0.29, 0.717) is 0 Å². The summed E-state index contributed by atoms with van der Waals surface area (Å²) >= 11 is 24.5. The van der Waals surface area contributed by atoms with Gasteiger partial charge in [0.05, 0.1) is 0 Å². The van der Waals surface area contributed by atoms with Crippen LogP contribution in [0, 0.1) is 0 Å². The van der Waals surface area contributed by atoms with Crippen LogP contribution in [0.15, 0.2) is 413 Å². The van der Waals surface area contributed by atoms with E-state index in [4.69, 9.17) is 0 Å². The third kappa shape index (κ3) is 19.9. The molecule has 0 bridgehead atoms. The average molecular weight is 1700 g/mol. The lowest BCUT2D eigenvalue weighted by Crippen LogP contribution is -1.84. The SMILES string of the molecule is Brc1cc(-c2ccccc2)c2ccc3ccccc3c2c1.Brc1cc(-c2ccccc2)cc2ccccc12.Brc1ccc(-c2ccccc2)cc1.Brc1ccc2ccc3ccccc3c2c1.Brc1ccc2ccccc2c1.Brc1cccc(-c2ccccc2)c1.Brc1ccccc1. The molecule has 0 N–H and O–H groups in total. The molecular formula is C90H63Br7. The molecule has 0 atom stereocenters. The van der Waals surface area contributed by atoms with Gasteiger partial charge in [0.25, 0.3) is 0 Å². The zero-order chi connectivity index (χ0) is 67.1. The van der Waals surface area contributed by atoms with Gasteiger partial charge in [0.2, 0.25) is 0 Å². The Balaban J connectivity index is 0.000000117. The van der Waals surface area contributed by atoms with Crippen molar-refractivity contribution in [3.05, 3.63) is 413 Å². The van der Waals surface area contributed by atoms with Crippen molar-refractivity contribution >= 4 is 176 Å². The Kier molecular flexibility index (Phi) is 25.8. The zero-order valence-electron chi connectivity index (χ0n) is 52.5. The van der Waals surface area contributed by atoms with E-state index in [1.54, 1.807) is 0 Å². The molecule has 0 aliphatic rings. The summed E-state index contributed by atoms with van der Waals surface area (Å²) in [5, 5.41) is 15.5. The molecule has 0 spiro atoms. The van der Waals surface area contributed by atoms with Gasteiger partial charge >= 0.3 is 0 Å². The highest BCUT2D eigenvalue weighted by atomic mass is 79.9. The predicted octanol–water partition coefficient (Wildman–Crippen LogP) is 30.7. The van der Waals surface area contributed by atoms with Crippen molar-refractivity contribution in [1.29, 1.82) is 0 Å². The number of halogens is 7. The first-order valence-electron chi connectivity index (χ1n) is 31.4. The molecule has 472 valence electrons. The van der Waals surface area contributed by atoms with Gasteiger partial charge in [-0.05, 0) is 194 Å². The summed E-state index contributed by atoms with van der Waals surface area (Å²) in [6.07, 6.45) is 0. The molecule has 17 aromatic rings. The van der Waals surface area contributed by atoms with Gasteiger partial charge in [0, 0.05) is 31.3 Å². The van der Waals surface area contributed by atoms with Crippen molar-refractivity contribution in [3.8, 4) is 44.5 Å². The fourth-order valence-electron chi connectivity index (χ4n) is 11.1.